The highest BCUT2D eigenvalue weighted by Crippen LogP contribution is 2.31. The molecule has 7 nitrogen and oxygen atoms in total. The summed E-state index contributed by atoms with van der Waals surface area (Å²) >= 11 is 0. The Morgan fingerprint density at radius 1 is 1.37 bits per heavy atom. The third-order valence-corrected chi connectivity index (χ3v) is 3.43. The molecular weight excluding hydrogens is 246 g/mol. The number of hydrogen-bond acceptors (Lipinski definition) is 6. The van der Waals surface area contributed by atoms with Gasteiger partial charge in [-0.25, -0.2) is 15.0 Å². The molecule has 2 aromatic heterocycles. The molecule has 1 saturated heterocycles. The first kappa shape index (κ1) is 12.3. The molecule has 1 aliphatic rings. The minimum atomic E-state index is -0.447. The van der Waals surface area contributed by atoms with Gasteiger partial charge in [-0.3, -0.25) is 4.57 Å². The van der Waals surface area contributed by atoms with E-state index in [-0.39, 0.29) is 12.3 Å². The molecule has 0 aliphatic carbocycles. The summed E-state index contributed by atoms with van der Waals surface area (Å²) in [5.41, 5.74) is 1.47. The molecule has 1 aliphatic heterocycles. The van der Waals surface area contributed by atoms with Crippen LogP contribution in [0, 0.1) is 0 Å². The van der Waals surface area contributed by atoms with E-state index < -0.39 is 6.10 Å². The van der Waals surface area contributed by atoms with Gasteiger partial charge >= 0.3 is 0 Å². The molecule has 0 bridgehead atoms. The van der Waals surface area contributed by atoms with E-state index in [0.717, 1.165) is 17.0 Å². The fraction of sp³-hybridized carbons (Fsp3) is 0.583. The molecule has 0 aromatic carbocycles. The molecule has 3 rings (SSSR count). The highest BCUT2D eigenvalue weighted by molar-refractivity contribution is 5.83. The lowest BCUT2D eigenvalue weighted by Gasteiger charge is -2.14. The zero-order chi connectivity index (χ0) is 13.6. The van der Waals surface area contributed by atoms with Crippen LogP contribution in [0.1, 0.15) is 19.6 Å². The fourth-order valence-electron chi connectivity index (χ4n) is 2.35. The van der Waals surface area contributed by atoms with E-state index in [2.05, 4.69) is 15.0 Å². The van der Waals surface area contributed by atoms with E-state index in [1.165, 1.54) is 6.33 Å². The number of hydrogen-bond donors (Lipinski definition) is 1. The smallest absolute Gasteiger partial charge is 0.167 e. The van der Waals surface area contributed by atoms with Crippen molar-refractivity contribution in [2.24, 2.45) is 0 Å². The van der Waals surface area contributed by atoms with Crippen molar-refractivity contribution < 1.29 is 9.84 Å². The quantitative estimate of drug-likeness (QED) is 0.853. The van der Waals surface area contributed by atoms with E-state index in [1.807, 2.05) is 30.5 Å². The van der Waals surface area contributed by atoms with Gasteiger partial charge in [-0.15, -0.1) is 0 Å². The number of anilines is 1. The van der Waals surface area contributed by atoms with Crippen LogP contribution in [-0.4, -0.2) is 50.9 Å². The summed E-state index contributed by atoms with van der Waals surface area (Å²) < 4.78 is 7.58. The van der Waals surface area contributed by atoms with Crippen LogP contribution < -0.4 is 4.90 Å². The zero-order valence-corrected chi connectivity index (χ0v) is 11.2. The maximum atomic E-state index is 9.78. The summed E-state index contributed by atoms with van der Waals surface area (Å²) in [6.07, 6.45) is 2.93. The molecule has 0 radical (unpaired) electrons. The maximum absolute atomic E-state index is 9.78. The largest absolute Gasteiger partial charge is 0.390 e. The minimum absolute atomic E-state index is 0.169. The van der Waals surface area contributed by atoms with Gasteiger partial charge in [-0.2, -0.15) is 0 Å². The van der Waals surface area contributed by atoms with Crippen molar-refractivity contribution in [3.8, 4) is 0 Å². The second kappa shape index (κ2) is 4.43. The molecule has 0 saturated carbocycles. The predicted octanol–water partition coefficient (Wildman–Crippen LogP) is 0.561. The van der Waals surface area contributed by atoms with Crippen molar-refractivity contribution in [1.29, 1.82) is 0 Å². The van der Waals surface area contributed by atoms with Gasteiger partial charge in [0.25, 0.3) is 0 Å². The molecular formula is C12H17N5O2. The van der Waals surface area contributed by atoms with Gasteiger partial charge in [0.1, 0.15) is 12.6 Å². The van der Waals surface area contributed by atoms with Gasteiger partial charge in [0.15, 0.2) is 17.0 Å². The monoisotopic (exact) mass is 263 g/mol. The van der Waals surface area contributed by atoms with Crippen molar-refractivity contribution in [3.63, 3.8) is 0 Å². The summed E-state index contributed by atoms with van der Waals surface area (Å²) in [4.78, 5) is 14.8. The molecule has 3 atom stereocenters. The number of fused-ring (bicyclic) bond motifs is 1. The standard InChI is InChI=1S/C12H17N5O2/c1-7-8(18)4-9(19-7)17-6-15-10-11(16(2)3)13-5-14-12(10)17/h5-9,18H,4H2,1-3H3/t7-,8+,9-/m1/s1. The predicted molar refractivity (Wildman–Crippen MR) is 69.9 cm³/mol. The SMILES string of the molecule is C[C@H]1O[C@@H](n2cnc3c(N(C)C)ncnc32)C[C@@H]1O. The van der Waals surface area contributed by atoms with E-state index >= 15 is 0 Å². The Morgan fingerprint density at radius 3 is 2.79 bits per heavy atom. The number of nitrogens with zero attached hydrogens (tertiary/aromatic N) is 5. The Morgan fingerprint density at radius 2 is 2.16 bits per heavy atom. The number of rotatable bonds is 2. The minimum Gasteiger partial charge on any atom is -0.390 e. The molecule has 1 N–H and O–H groups in total. The fourth-order valence-corrected chi connectivity index (χ4v) is 2.35. The molecule has 3 heterocycles. The lowest BCUT2D eigenvalue weighted by atomic mass is 10.2. The Kier molecular flexibility index (Phi) is 2.87. The third-order valence-electron chi connectivity index (χ3n) is 3.43. The van der Waals surface area contributed by atoms with E-state index in [0.29, 0.717) is 6.42 Å². The highest BCUT2D eigenvalue weighted by Gasteiger charge is 2.32. The summed E-state index contributed by atoms with van der Waals surface area (Å²) in [5.74, 6) is 0.773. The Hall–Kier alpha value is -1.73. The first-order valence-electron chi connectivity index (χ1n) is 6.26. The molecule has 0 unspecified atom stereocenters. The highest BCUT2D eigenvalue weighted by atomic mass is 16.5. The summed E-state index contributed by atoms with van der Waals surface area (Å²) in [7, 11) is 3.83. The van der Waals surface area contributed by atoms with Crippen molar-refractivity contribution in [2.45, 2.75) is 31.8 Å². The third kappa shape index (κ3) is 1.95. The molecule has 1 fully saturated rings. The van der Waals surface area contributed by atoms with Crippen molar-refractivity contribution in [1.82, 2.24) is 19.5 Å². The molecule has 7 heteroatoms. The summed E-state index contributed by atoms with van der Waals surface area (Å²) in [5, 5.41) is 9.78. The average Bonchev–Trinajstić information content (AvgIpc) is 2.93. The second-order valence-electron chi connectivity index (χ2n) is 5.01. The second-order valence-corrected chi connectivity index (χ2v) is 5.01. The van der Waals surface area contributed by atoms with Crippen LogP contribution in [0.15, 0.2) is 12.7 Å². The van der Waals surface area contributed by atoms with Gasteiger partial charge in [-0.05, 0) is 6.92 Å². The Bertz CT molecular complexity index is 587. The van der Waals surface area contributed by atoms with Crippen molar-refractivity contribution in [2.75, 3.05) is 19.0 Å². The summed E-state index contributed by atoms with van der Waals surface area (Å²) in [6.45, 7) is 1.87. The first-order chi connectivity index (χ1) is 9.08. The molecule has 0 spiro atoms. The lowest BCUT2D eigenvalue weighted by molar-refractivity contribution is -0.00632. The van der Waals surface area contributed by atoms with E-state index in [9.17, 15) is 5.11 Å². The van der Waals surface area contributed by atoms with Gasteiger partial charge in [0.2, 0.25) is 0 Å². The van der Waals surface area contributed by atoms with E-state index in [1.54, 1.807) is 6.33 Å². The summed E-state index contributed by atoms with van der Waals surface area (Å²) in [6, 6.07) is 0. The van der Waals surface area contributed by atoms with Crippen LogP contribution >= 0.6 is 0 Å². The molecule has 0 amide bonds. The Labute approximate surface area is 110 Å². The van der Waals surface area contributed by atoms with Crippen LogP contribution in [0.4, 0.5) is 5.82 Å². The molecule has 102 valence electrons. The van der Waals surface area contributed by atoms with Crippen LogP contribution in [0.5, 0.6) is 0 Å². The van der Waals surface area contributed by atoms with Crippen LogP contribution in [0.25, 0.3) is 11.2 Å². The van der Waals surface area contributed by atoms with Crippen LogP contribution in [-0.2, 0) is 4.74 Å². The van der Waals surface area contributed by atoms with Crippen LogP contribution in [0.2, 0.25) is 0 Å². The average molecular weight is 263 g/mol. The van der Waals surface area contributed by atoms with Gasteiger partial charge in [0, 0.05) is 20.5 Å². The van der Waals surface area contributed by atoms with Gasteiger partial charge in [-0.1, -0.05) is 0 Å². The lowest BCUT2D eigenvalue weighted by Crippen LogP contribution is -2.15. The van der Waals surface area contributed by atoms with Gasteiger partial charge in [0.05, 0.1) is 18.5 Å². The van der Waals surface area contributed by atoms with Crippen molar-refractivity contribution in [3.05, 3.63) is 12.7 Å². The number of aliphatic hydroxyl groups excluding tert-OH is 1. The number of aromatic nitrogens is 4. The van der Waals surface area contributed by atoms with E-state index in [4.69, 9.17) is 4.74 Å². The topological polar surface area (TPSA) is 76.3 Å². The zero-order valence-electron chi connectivity index (χ0n) is 11.2. The normalized spacial score (nSPS) is 27.1. The number of ether oxygens (including phenoxy) is 1. The maximum Gasteiger partial charge on any atom is 0.167 e. The number of aliphatic hydroxyl groups is 1. The molecule has 2 aromatic rings. The van der Waals surface area contributed by atoms with Crippen molar-refractivity contribution >= 4 is 17.0 Å². The number of imidazole rings is 1. The molecule has 19 heavy (non-hydrogen) atoms. The van der Waals surface area contributed by atoms with Gasteiger partial charge < -0.3 is 14.7 Å². The first-order valence-corrected chi connectivity index (χ1v) is 6.26. The Balaban J connectivity index is 2.04. The van der Waals surface area contributed by atoms with Crippen LogP contribution in [0.3, 0.4) is 0 Å².